The van der Waals surface area contributed by atoms with E-state index in [-0.39, 0.29) is 5.78 Å². The van der Waals surface area contributed by atoms with Gasteiger partial charge in [-0.15, -0.1) is 0 Å². The Balaban J connectivity index is 2.19. The van der Waals surface area contributed by atoms with Crippen LogP contribution in [0.2, 0.25) is 0 Å². The van der Waals surface area contributed by atoms with Crippen LogP contribution in [-0.2, 0) is 11.3 Å². The van der Waals surface area contributed by atoms with Crippen molar-refractivity contribution >= 4 is 17.9 Å². The molecule has 0 saturated carbocycles. The van der Waals surface area contributed by atoms with E-state index >= 15 is 0 Å². The van der Waals surface area contributed by atoms with Gasteiger partial charge >= 0.3 is 0 Å². The summed E-state index contributed by atoms with van der Waals surface area (Å²) in [4.78, 5) is 24.2. The topological polar surface area (TPSA) is 46.6 Å². The van der Waals surface area contributed by atoms with Crippen LogP contribution in [0.4, 0.5) is 5.69 Å². The first-order valence-corrected chi connectivity index (χ1v) is 6.60. The highest BCUT2D eigenvalue weighted by Crippen LogP contribution is 2.19. The molecular formula is C17H17NO3. The minimum absolute atomic E-state index is 0.00648. The minimum Gasteiger partial charge on any atom is -0.497 e. The first-order valence-electron chi connectivity index (χ1n) is 6.60. The van der Waals surface area contributed by atoms with Crippen molar-refractivity contribution in [2.75, 3.05) is 12.0 Å². The maximum Gasteiger partial charge on any atom is 0.214 e. The van der Waals surface area contributed by atoms with Gasteiger partial charge in [0.25, 0.3) is 0 Å². The van der Waals surface area contributed by atoms with E-state index < -0.39 is 0 Å². The zero-order valence-electron chi connectivity index (χ0n) is 12.1. The van der Waals surface area contributed by atoms with Gasteiger partial charge in [0.05, 0.1) is 13.7 Å². The average molecular weight is 283 g/mol. The largest absolute Gasteiger partial charge is 0.497 e. The minimum atomic E-state index is 0.00648. The van der Waals surface area contributed by atoms with E-state index in [1.54, 1.807) is 36.3 Å². The van der Waals surface area contributed by atoms with E-state index in [1.807, 2.05) is 24.3 Å². The number of methoxy groups -OCH3 is 1. The summed E-state index contributed by atoms with van der Waals surface area (Å²) in [7, 11) is 1.61. The van der Waals surface area contributed by atoms with Crippen molar-refractivity contribution in [2.24, 2.45) is 0 Å². The van der Waals surface area contributed by atoms with Crippen molar-refractivity contribution in [3.63, 3.8) is 0 Å². The molecule has 108 valence electrons. The number of amides is 1. The van der Waals surface area contributed by atoms with Crippen LogP contribution >= 0.6 is 0 Å². The fourth-order valence-corrected chi connectivity index (χ4v) is 2.04. The lowest BCUT2D eigenvalue weighted by Gasteiger charge is -2.18. The van der Waals surface area contributed by atoms with Gasteiger partial charge in [-0.1, -0.05) is 12.1 Å². The van der Waals surface area contributed by atoms with Crippen LogP contribution in [0, 0.1) is 0 Å². The molecule has 2 aromatic carbocycles. The molecule has 1 amide bonds. The third-order valence-electron chi connectivity index (χ3n) is 3.22. The van der Waals surface area contributed by atoms with Crippen LogP contribution in [0.3, 0.4) is 0 Å². The molecular weight excluding hydrogens is 266 g/mol. The molecule has 2 rings (SSSR count). The molecule has 0 saturated heterocycles. The van der Waals surface area contributed by atoms with E-state index in [1.165, 1.54) is 6.92 Å². The molecule has 0 N–H and O–H groups in total. The third kappa shape index (κ3) is 3.69. The van der Waals surface area contributed by atoms with Crippen molar-refractivity contribution in [3.05, 3.63) is 59.7 Å². The van der Waals surface area contributed by atoms with Gasteiger partial charge in [-0.25, -0.2) is 0 Å². The summed E-state index contributed by atoms with van der Waals surface area (Å²) in [6.07, 6.45) is 0.780. The van der Waals surface area contributed by atoms with Gasteiger partial charge in [-0.2, -0.15) is 0 Å². The predicted octanol–water partition coefficient (Wildman–Crippen LogP) is 3.06. The van der Waals surface area contributed by atoms with Crippen molar-refractivity contribution in [1.82, 2.24) is 0 Å². The van der Waals surface area contributed by atoms with Gasteiger partial charge in [0.2, 0.25) is 6.41 Å². The van der Waals surface area contributed by atoms with Crippen molar-refractivity contribution in [3.8, 4) is 5.75 Å². The summed E-state index contributed by atoms with van der Waals surface area (Å²) >= 11 is 0. The maximum absolute atomic E-state index is 11.3. The monoisotopic (exact) mass is 283 g/mol. The Morgan fingerprint density at radius 2 is 1.90 bits per heavy atom. The number of benzene rings is 2. The molecule has 0 bridgehead atoms. The molecule has 0 fully saturated rings. The van der Waals surface area contributed by atoms with Crippen LogP contribution in [0.15, 0.2) is 48.5 Å². The summed E-state index contributed by atoms with van der Waals surface area (Å²) in [6, 6.07) is 14.5. The number of ether oxygens (including phenoxy) is 1. The lowest BCUT2D eigenvalue weighted by Crippen LogP contribution is -2.20. The van der Waals surface area contributed by atoms with Gasteiger partial charge in [0.15, 0.2) is 5.78 Å². The Labute approximate surface area is 124 Å². The third-order valence-corrected chi connectivity index (χ3v) is 3.22. The van der Waals surface area contributed by atoms with E-state index in [4.69, 9.17) is 4.74 Å². The number of nitrogens with zero attached hydrogens (tertiary/aromatic N) is 1. The smallest absolute Gasteiger partial charge is 0.214 e. The molecule has 21 heavy (non-hydrogen) atoms. The van der Waals surface area contributed by atoms with Gasteiger partial charge < -0.3 is 9.64 Å². The molecule has 0 heterocycles. The molecule has 0 spiro atoms. The number of Topliss-reactive ketones (excluding diaryl/α,β-unsaturated/α-hetero) is 1. The highest BCUT2D eigenvalue weighted by molar-refractivity contribution is 5.94. The average Bonchev–Trinajstić information content (AvgIpc) is 2.53. The number of ketones is 1. The molecule has 0 aliphatic carbocycles. The number of hydrogen-bond donors (Lipinski definition) is 0. The van der Waals surface area contributed by atoms with Crippen molar-refractivity contribution in [2.45, 2.75) is 13.5 Å². The van der Waals surface area contributed by atoms with E-state index in [2.05, 4.69) is 0 Å². The highest BCUT2D eigenvalue weighted by atomic mass is 16.5. The van der Waals surface area contributed by atoms with Gasteiger partial charge in [0, 0.05) is 11.3 Å². The van der Waals surface area contributed by atoms with E-state index in [0.717, 1.165) is 23.4 Å². The number of carbonyl (C=O) groups excluding carboxylic acids is 2. The molecule has 0 aliphatic rings. The highest BCUT2D eigenvalue weighted by Gasteiger charge is 2.08. The first-order chi connectivity index (χ1) is 10.1. The van der Waals surface area contributed by atoms with E-state index in [9.17, 15) is 9.59 Å². The van der Waals surface area contributed by atoms with Crippen LogP contribution in [0.1, 0.15) is 22.8 Å². The lowest BCUT2D eigenvalue weighted by atomic mass is 10.1. The quantitative estimate of drug-likeness (QED) is 0.604. The number of hydrogen-bond acceptors (Lipinski definition) is 3. The van der Waals surface area contributed by atoms with Crippen molar-refractivity contribution < 1.29 is 14.3 Å². The molecule has 0 aromatic heterocycles. The van der Waals surface area contributed by atoms with Gasteiger partial charge in [-0.3, -0.25) is 9.59 Å². The Morgan fingerprint density at radius 3 is 2.48 bits per heavy atom. The predicted molar refractivity (Wildman–Crippen MR) is 81.7 cm³/mol. The summed E-state index contributed by atoms with van der Waals surface area (Å²) < 4.78 is 5.17. The Hall–Kier alpha value is -2.62. The zero-order chi connectivity index (χ0) is 15.2. The fraction of sp³-hybridized carbons (Fsp3) is 0.176. The van der Waals surface area contributed by atoms with Crippen LogP contribution in [0.5, 0.6) is 5.75 Å². The second-order valence-corrected chi connectivity index (χ2v) is 4.69. The number of rotatable bonds is 6. The molecule has 4 heteroatoms. The Bertz CT molecular complexity index is 635. The summed E-state index contributed by atoms with van der Waals surface area (Å²) in [5.74, 6) is 0.761. The lowest BCUT2D eigenvalue weighted by molar-refractivity contribution is -0.107. The second-order valence-electron chi connectivity index (χ2n) is 4.69. The second kappa shape index (κ2) is 6.70. The molecule has 0 atom stereocenters. The molecule has 0 radical (unpaired) electrons. The van der Waals surface area contributed by atoms with Crippen molar-refractivity contribution in [1.29, 1.82) is 0 Å². The van der Waals surface area contributed by atoms with Crippen LogP contribution in [-0.4, -0.2) is 19.3 Å². The summed E-state index contributed by atoms with van der Waals surface area (Å²) in [5.41, 5.74) is 2.35. The van der Waals surface area contributed by atoms with Gasteiger partial charge in [0.1, 0.15) is 5.75 Å². The molecule has 0 aliphatic heterocycles. The van der Waals surface area contributed by atoms with Crippen LogP contribution < -0.4 is 9.64 Å². The van der Waals surface area contributed by atoms with Gasteiger partial charge in [-0.05, 0) is 48.9 Å². The molecule has 2 aromatic rings. The Morgan fingerprint density at radius 1 is 1.19 bits per heavy atom. The Kier molecular flexibility index (Phi) is 4.72. The summed E-state index contributed by atoms with van der Waals surface area (Å²) in [5, 5.41) is 0. The first kappa shape index (κ1) is 14.8. The van der Waals surface area contributed by atoms with E-state index in [0.29, 0.717) is 12.1 Å². The molecule has 0 unspecified atom stereocenters. The summed E-state index contributed by atoms with van der Waals surface area (Å²) in [6.45, 7) is 1.96. The zero-order valence-corrected chi connectivity index (χ0v) is 12.1. The molecule has 4 nitrogen and oxygen atoms in total. The number of anilines is 1. The maximum atomic E-state index is 11.3. The number of carbonyl (C=O) groups is 2. The van der Waals surface area contributed by atoms with Crippen LogP contribution in [0.25, 0.3) is 0 Å². The SMILES string of the molecule is COc1cccc(CN(C=O)c2ccc(C(C)=O)cc2)c1. The normalized spacial score (nSPS) is 10.0. The standard InChI is InChI=1S/C17H17NO3/c1-13(20)15-6-8-16(9-7-15)18(12-19)11-14-4-3-5-17(10-14)21-2/h3-10,12H,11H2,1-2H3. The fourth-order valence-electron chi connectivity index (χ4n) is 2.04.